The highest BCUT2D eigenvalue weighted by atomic mass is 16.3. The predicted molar refractivity (Wildman–Crippen MR) is 71.4 cm³/mol. The lowest BCUT2D eigenvalue weighted by atomic mass is 10.1. The third-order valence-corrected chi connectivity index (χ3v) is 2.78. The summed E-state index contributed by atoms with van der Waals surface area (Å²) in [6.45, 7) is 4.06. The van der Waals surface area contributed by atoms with Gasteiger partial charge in [-0.2, -0.15) is 5.26 Å². The normalized spacial score (nSPS) is 11.8. The zero-order chi connectivity index (χ0) is 13.0. The van der Waals surface area contributed by atoms with Gasteiger partial charge in [0, 0.05) is 12.5 Å². The molecule has 1 N–H and O–H groups in total. The summed E-state index contributed by atoms with van der Waals surface area (Å²) in [5.74, 6) is 0.945. The van der Waals surface area contributed by atoms with Crippen LogP contribution < -0.4 is 5.32 Å². The minimum absolute atomic E-state index is 0.214. The number of nitrogens with zero attached hydrogens (tertiary/aromatic N) is 1. The zero-order valence-electron chi connectivity index (χ0n) is 10.6. The van der Waals surface area contributed by atoms with E-state index in [0.29, 0.717) is 5.56 Å². The number of hydrogen-bond acceptors (Lipinski definition) is 3. The maximum Gasteiger partial charge on any atom is 0.105 e. The van der Waals surface area contributed by atoms with Gasteiger partial charge in [-0.25, -0.2) is 0 Å². The molecule has 0 saturated heterocycles. The molecule has 18 heavy (non-hydrogen) atoms. The molecule has 0 spiro atoms. The molecular formula is C15H16N2O. The Morgan fingerprint density at radius 3 is 2.89 bits per heavy atom. The van der Waals surface area contributed by atoms with Gasteiger partial charge in [0.15, 0.2) is 0 Å². The summed E-state index contributed by atoms with van der Waals surface area (Å²) in [6.07, 6.45) is 2.47. The van der Waals surface area contributed by atoms with Crippen LogP contribution in [0.25, 0.3) is 0 Å². The molecule has 0 fully saturated rings. The van der Waals surface area contributed by atoms with Crippen molar-refractivity contribution in [1.29, 1.82) is 5.26 Å². The molecule has 0 bridgehead atoms. The minimum Gasteiger partial charge on any atom is -0.469 e. The molecule has 0 radical (unpaired) electrons. The third-order valence-electron chi connectivity index (χ3n) is 2.78. The first-order valence-corrected chi connectivity index (χ1v) is 5.98. The van der Waals surface area contributed by atoms with Crippen LogP contribution in [-0.2, 0) is 6.42 Å². The Morgan fingerprint density at radius 2 is 2.22 bits per heavy atom. The topological polar surface area (TPSA) is 49.0 Å². The Hall–Kier alpha value is -2.21. The molecule has 2 rings (SSSR count). The van der Waals surface area contributed by atoms with Gasteiger partial charge in [-0.15, -0.1) is 0 Å². The fourth-order valence-corrected chi connectivity index (χ4v) is 1.92. The number of anilines is 1. The molecule has 3 nitrogen and oxygen atoms in total. The molecule has 1 aromatic carbocycles. The average Bonchev–Trinajstić information content (AvgIpc) is 2.84. The van der Waals surface area contributed by atoms with E-state index in [4.69, 9.17) is 9.68 Å². The fourth-order valence-electron chi connectivity index (χ4n) is 1.92. The molecular weight excluding hydrogens is 224 g/mol. The van der Waals surface area contributed by atoms with Crippen molar-refractivity contribution in [1.82, 2.24) is 0 Å². The first-order chi connectivity index (χ1) is 8.69. The zero-order valence-corrected chi connectivity index (χ0v) is 10.6. The van der Waals surface area contributed by atoms with Crippen LogP contribution in [0.1, 0.15) is 23.8 Å². The second kappa shape index (κ2) is 5.42. The van der Waals surface area contributed by atoms with Crippen LogP contribution in [-0.4, -0.2) is 6.04 Å². The van der Waals surface area contributed by atoms with Gasteiger partial charge >= 0.3 is 0 Å². The molecule has 1 aromatic heterocycles. The Balaban J connectivity index is 2.07. The minimum atomic E-state index is 0.214. The van der Waals surface area contributed by atoms with E-state index < -0.39 is 0 Å². The number of furan rings is 1. The smallest absolute Gasteiger partial charge is 0.105 e. The molecule has 1 unspecified atom stereocenters. The van der Waals surface area contributed by atoms with Gasteiger partial charge in [0.1, 0.15) is 11.8 Å². The molecule has 0 saturated carbocycles. The second-order valence-electron chi connectivity index (χ2n) is 4.49. The number of rotatable bonds is 4. The van der Waals surface area contributed by atoms with Crippen LogP contribution >= 0.6 is 0 Å². The highest BCUT2D eigenvalue weighted by molar-refractivity contribution is 5.59. The lowest BCUT2D eigenvalue weighted by Crippen LogP contribution is -2.18. The van der Waals surface area contributed by atoms with Crippen molar-refractivity contribution in [2.24, 2.45) is 0 Å². The predicted octanol–water partition coefficient (Wildman–Crippen LogP) is 3.50. The number of nitriles is 1. The van der Waals surface area contributed by atoms with Crippen molar-refractivity contribution in [2.75, 3.05) is 5.32 Å². The van der Waals surface area contributed by atoms with E-state index in [1.54, 1.807) is 6.26 Å². The van der Waals surface area contributed by atoms with Crippen molar-refractivity contribution < 1.29 is 4.42 Å². The molecule has 1 atom stereocenters. The number of benzene rings is 1. The molecule has 0 aliphatic rings. The summed E-state index contributed by atoms with van der Waals surface area (Å²) < 4.78 is 5.31. The Morgan fingerprint density at radius 1 is 1.39 bits per heavy atom. The SMILES string of the molecule is Cc1ccc(NC(C)Cc2ccco2)c(C#N)c1. The van der Waals surface area contributed by atoms with E-state index in [1.165, 1.54) is 0 Å². The van der Waals surface area contributed by atoms with E-state index >= 15 is 0 Å². The van der Waals surface area contributed by atoms with Crippen LogP contribution in [0.15, 0.2) is 41.0 Å². The number of hydrogen-bond donors (Lipinski definition) is 1. The highest BCUT2D eigenvalue weighted by Crippen LogP contribution is 2.18. The Labute approximate surface area is 107 Å². The van der Waals surface area contributed by atoms with Crippen LogP contribution in [0.4, 0.5) is 5.69 Å². The van der Waals surface area contributed by atoms with Crippen molar-refractivity contribution in [3.8, 4) is 6.07 Å². The van der Waals surface area contributed by atoms with E-state index in [0.717, 1.165) is 23.4 Å². The van der Waals surface area contributed by atoms with E-state index in [9.17, 15) is 0 Å². The summed E-state index contributed by atoms with van der Waals surface area (Å²) in [6, 6.07) is 12.1. The van der Waals surface area contributed by atoms with Gasteiger partial charge in [-0.1, -0.05) is 6.07 Å². The van der Waals surface area contributed by atoms with Crippen molar-refractivity contribution in [3.05, 3.63) is 53.5 Å². The van der Waals surface area contributed by atoms with Gasteiger partial charge < -0.3 is 9.73 Å². The largest absolute Gasteiger partial charge is 0.469 e. The first kappa shape index (κ1) is 12.3. The maximum atomic E-state index is 9.10. The molecule has 0 aliphatic heterocycles. The van der Waals surface area contributed by atoms with Gasteiger partial charge in [-0.3, -0.25) is 0 Å². The summed E-state index contributed by atoms with van der Waals surface area (Å²) in [5, 5.41) is 12.4. The molecule has 1 heterocycles. The molecule has 92 valence electrons. The van der Waals surface area contributed by atoms with Gasteiger partial charge in [0.2, 0.25) is 0 Å². The molecule has 2 aromatic rings. The Kier molecular flexibility index (Phi) is 3.69. The lowest BCUT2D eigenvalue weighted by Gasteiger charge is -2.15. The second-order valence-corrected chi connectivity index (χ2v) is 4.49. The van der Waals surface area contributed by atoms with Crippen LogP contribution in [0.3, 0.4) is 0 Å². The number of nitrogens with one attached hydrogen (secondary N) is 1. The van der Waals surface area contributed by atoms with Crippen LogP contribution in [0.2, 0.25) is 0 Å². The van der Waals surface area contributed by atoms with E-state index in [1.807, 2.05) is 37.3 Å². The quantitative estimate of drug-likeness (QED) is 0.889. The van der Waals surface area contributed by atoms with Crippen LogP contribution in [0.5, 0.6) is 0 Å². The highest BCUT2D eigenvalue weighted by Gasteiger charge is 2.08. The Bertz CT molecular complexity index is 552. The summed E-state index contributed by atoms with van der Waals surface area (Å²) in [5.41, 5.74) is 2.65. The van der Waals surface area contributed by atoms with E-state index in [-0.39, 0.29) is 6.04 Å². The molecule has 0 aliphatic carbocycles. The third kappa shape index (κ3) is 2.92. The van der Waals surface area contributed by atoms with Crippen molar-refractivity contribution in [3.63, 3.8) is 0 Å². The average molecular weight is 240 g/mol. The van der Waals surface area contributed by atoms with E-state index in [2.05, 4.69) is 18.3 Å². The van der Waals surface area contributed by atoms with Crippen molar-refractivity contribution in [2.45, 2.75) is 26.3 Å². The van der Waals surface area contributed by atoms with Crippen molar-refractivity contribution >= 4 is 5.69 Å². The number of aryl methyl sites for hydroxylation is 1. The van der Waals surface area contributed by atoms with Gasteiger partial charge in [0.25, 0.3) is 0 Å². The summed E-state index contributed by atoms with van der Waals surface area (Å²) in [4.78, 5) is 0. The maximum absolute atomic E-state index is 9.10. The summed E-state index contributed by atoms with van der Waals surface area (Å²) in [7, 11) is 0. The molecule has 0 amide bonds. The first-order valence-electron chi connectivity index (χ1n) is 5.98. The monoisotopic (exact) mass is 240 g/mol. The standard InChI is InChI=1S/C15H16N2O/c1-11-5-6-15(13(8-11)10-16)17-12(2)9-14-4-3-7-18-14/h3-8,12,17H,9H2,1-2H3. The van der Waals surface area contributed by atoms with Crippen LogP contribution in [0, 0.1) is 18.3 Å². The molecule has 3 heteroatoms. The fraction of sp³-hybridized carbons (Fsp3) is 0.267. The summed E-state index contributed by atoms with van der Waals surface area (Å²) >= 11 is 0. The lowest BCUT2D eigenvalue weighted by molar-refractivity contribution is 0.498. The van der Waals surface area contributed by atoms with Gasteiger partial charge in [-0.05, 0) is 43.7 Å². The van der Waals surface area contributed by atoms with Gasteiger partial charge in [0.05, 0.1) is 17.5 Å².